The molecule has 2 aromatic heterocycles. The molecule has 1 saturated heterocycles. The van der Waals surface area contributed by atoms with Gasteiger partial charge in [-0.25, -0.2) is 4.98 Å². The largest absolute Gasteiger partial charge is 0.497 e. The van der Waals surface area contributed by atoms with Crippen molar-refractivity contribution in [2.75, 3.05) is 13.7 Å². The second-order valence-electron chi connectivity index (χ2n) is 5.81. The smallest absolute Gasteiger partial charge is 0.253 e. The fourth-order valence-electron chi connectivity index (χ4n) is 2.96. The van der Waals surface area contributed by atoms with Crippen LogP contribution in [-0.2, 0) is 4.74 Å². The van der Waals surface area contributed by atoms with Crippen molar-refractivity contribution in [2.45, 2.75) is 18.6 Å². The standard InChI is InChI=1S/C17H17N5O3/c1-24-12-3-2-10-6-11(8-18-14(10)7-12)17(23)21-13-4-5-25-15(13)16-19-9-20-22-16/h2-3,6-9,13,15H,4-5H2,1H3,(H,21,23)(H,19,20,22)/t13-,15+/m1/s1. The van der Waals surface area contributed by atoms with Crippen LogP contribution in [0.2, 0.25) is 0 Å². The van der Waals surface area contributed by atoms with Crippen LogP contribution in [0, 0.1) is 0 Å². The van der Waals surface area contributed by atoms with Gasteiger partial charge in [-0.2, -0.15) is 5.10 Å². The van der Waals surface area contributed by atoms with Crippen molar-refractivity contribution in [2.24, 2.45) is 0 Å². The van der Waals surface area contributed by atoms with Crippen molar-refractivity contribution in [1.82, 2.24) is 25.5 Å². The number of methoxy groups -OCH3 is 1. The van der Waals surface area contributed by atoms with Crippen molar-refractivity contribution in [1.29, 1.82) is 0 Å². The Labute approximate surface area is 143 Å². The Kier molecular flexibility index (Phi) is 4.02. The molecule has 8 heteroatoms. The molecule has 1 aliphatic rings. The molecular formula is C17H17N5O3. The van der Waals surface area contributed by atoms with Gasteiger partial charge in [0.25, 0.3) is 5.91 Å². The lowest BCUT2D eigenvalue weighted by Crippen LogP contribution is -2.37. The summed E-state index contributed by atoms with van der Waals surface area (Å²) >= 11 is 0. The Bertz CT molecular complexity index is 896. The number of pyridine rings is 1. The van der Waals surface area contributed by atoms with Crippen molar-refractivity contribution in [3.63, 3.8) is 0 Å². The molecule has 1 aliphatic heterocycles. The second kappa shape index (κ2) is 6.48. The summed E-state index contributed by atoms with van der Waals surface area (Å²) in [6, 6.07) is 7.22. The molecular weight excluding hydrogens is 322 g/mol. The quantitative estimate of drug-likeness (QED) is 0.749. The van der Waals surface area contributed by atoms with Crippen LogP contribution < -0.4 is 10.1 Å². The number of hydrogen-bond acceptors (Lipinski definition) is 6. The highest BCUT2D eigenvalue weighted by molar-refractivity contribution is 5.97. The molecule has 0 spiro atoms. The molecule has 0 bridgehead atoms. The lowest BCUT2D eigenvalue weighted by Gasteiger charge is -2.17. The van der Waals surface area contributed by atoms with Crippen molar-refractivity contribution >= 4 is 16.8 Å². The number of nitrogens with zero attached hydrogens (tertiary/aromatic N) is 3. The fraction of sp³-hybridized carbons (Fsp3) is 0.294. The summed E-state index contributed by atoms with van der Waals surface area (Å²) in [4.78, 5) is 21.1. The first-order chi connectivity index (χ1) is 12.2. The van der Waals surface area contributed by atoms with E-state index in [4.69, 9.17) is 9.47 Å². The van der Waals surface area contributed by atoms with E-state index in [-0.39, 0.29) is 18.1 Å². The van der Waals surface area contributed by atoms with E-state index in [1.54, 1.807) is 13.3 Å². The van der Waals surface area contributed by atoms with Gasteiger partial charge in [0.15, 0.2) is 5.82 Å². The van der Waals surface area contributed by atoms with E-state index in [0.29, 0.717) is 18.0 Å². The van der Waals surface area contributed by atoms with Gasteiger partial charge in [0.05, 0.1) is 24.2 Å². The maximum atomic E-state index is 12.6. The number of hydrogen-bond donors (Lipinski definition) is 2. The number of aromatic nitrogens is 4. The van der Waals surface area contributed by atoms with Crippen LogP contribution in [0.1, 0.15) is 28.7 Å². The molecule has 3 aromatic rings. The molecule has 4 rings (SSSR count). The Balaban J connectivity index is 1.53. The van der Waals surface area contributed by atoms with Crippen molar-refractivity contribution in [3.8, 4) is 5.75 Å². The minimum absolute atomic E-state index is 0.160. The lowest BCUT2D eigenvalue weighted by molar-refractivity contribution is 0.0792. The van der Waals surface area contributed by atoms with Crippen LogP contribution in [0.3, 0.4) is 0 Å². The van der Waals surface area contributed by atoms with Crippen molar-refractivity contribution in [3.05, 3.63) is 48.2 Å². The Morgan fingerprint density at radius 3 is 3.08 bits per heavy atom. The minimum atomic E-state index is -0.316. The number of amides is 1. The summed E-state index contributed by atoms with van der Waals surface area (Å²) in [5, 5.41) is 10.5. The third-order valence-corrected chi connectivity index (χ3v) is 4.26. The van der Waals surface area contributed by atoms with E-state index in [0.717, 1.165) is 23.1 Å². The van der Waals surface area contributed by atoms with E-state index >= 15 is 0 Å². The molecule has 1 aromatic carbocycles. The van der Waals surface area contributed by atoms with Crippen LogP contribution in [0.5, 0.6) is 5.75 Å². The highest BCUT2D eigenvalue weighted by atomic mass is 16.5. The molecule has 1 amide bonds. The summed E-state index contributed by atoms with van der Waals surface area (Å²) in [7, 11) is 1.61. The zero-order chi connectivity index (χ0) is 17.2. The van der Waals surface area contributed by atoms with Gasteiger partial charge in [-0.3, -0.25) is 14.9 Å². The molecule has 2 atom stereocenters. The lowest BCUT2D eigenvalue weighted by atomic mass is 10.1. The minimum Gasteiger partial charge on any atom is -0.497 e. The van der Waals surface area contributed by atoms with E-state index in [1.807, 2.05) is 24.3 Å². The maximum Gasteiger partial charge on any atom is 0.253 e. The fourth-order valence-corrected chi connectivity index (χ4v) is 2.96. The van der Waals surface area contributed by atoms with Gasteiger partial charge < -0.3 is 14.8 Å². The van der Waals surface area contributed by atoms with Crippen LogP contribution in [-0.4, -0.2) is 45.8 Å². The average Bonchev–Trinajstić information content (AvgIpc) is 3.32. The summed E-state index contributed by atoms with van der Waals surface area (Å²) in [5.41, 5.74) is 1.28. The molecule has 0 radical (unpaired) electrons. The van der Waals surface area contributed by atoms with E-state index in [2.05, 4.69) is 25.5 Å². The number of aromatic amines is 1. The van der Waals surface area contributed by atoms with Gasteiger partial charge in [0.2, 0.25) is 0 Å². The first-order valence-corrected chi connectivity index (χ1v) is 7.96. The van der Waals surface area contributed by atoms with Gasteiger partial charge in [-0.15, -0.1) is 0 Å². The molecule has 0 saturated carbocycles. The van der Waals surface area contributed by atoms with Crippen molar-refractivity contribution < 1.29 is 14.3 Å². The first-order valence-electron chi connectivity index (χ1n) is 7.96. The van der Waals surface area contributed by atoms with Crippen LogP contribution in [0.4, 0.5) is 0 Å². The molecule has 8 nitrogen and oxygen atoms in total. The Morgan fingerprint density at radius 2 is 2.28 bits per heavy atom. The van der Waals surface area contributed by atoms with Crippen LogP contribution in [0.15, 0.2) is 36.8 Å². The van der Waals surface area contributed by atoms with E-state index in [1.165, 1.54) is 6.33 Å². The second-order valence-corrected chi connectivity index (χ2v) is 5.81. The molecule has 0 aliphatic carbocycles. The molecule has 25 heavy (non-hydrogen) atoms. The number of carbonyl (C=O) groups is 1. The van der Waals surface area contributed by atoms with Gasteiger partial charge in [-0.05, 0) is 24.6 Å². The summed E-state index contributed by atoms with van der Waals surface area (Å²) in [6.07, 6.45) is 3.40. The number of benzene rings is 1. The summed E-state index contributed by atoms with van der Waals surface area (Å²) < 4.78 is 10.9. The highest BCUT2D eigenvalue weighted by Crippen LogP contribution is 2.27. The first kappa shape index (κ1) is 15.5. The Morgan fingerprint density at radius 1 is 1.36 bits per heavy atom. The monoisotopic (exact) mass is 339 g/mol. The van der Waals surface area contributed by atoms with Gasteiger partial charge >= 0.3 is 0 Å². The zero-order valence-electron chi connectivity index (χ0n) is 13.6. The average molecular weight is 339 g/mol. The predicted molar refractivity (Wildman–Crippen MR) is 89.2 cm³/mol. The van der Waals surface area contributed by atoms with Gasteiger partial charge in [0.1, 0.15) is 18.2 Å². The molecule has 3 heterocycles. The molecule has 128 valence electrons. The van der Waals surface area contributed by atoms with Crippen LogP contribution >= 0.6 is 0 Å². The summed E-state index contributed by atoms with van der Waals surface area (Å²) in [6.45, 7) is 0.562. The van der Waals surface area contributed by atoms with Crippen LogP contribution in [0.25, 0.3) is 10.9 Å². The maximum absolute atomic E-state index is 12.6. The third-order valence-electron chi connectivity index (χ3n) is 4.26. The topological polar surface area (TPSA) is 102 Å². The highest BCUT2D eigenvalue weighted by Gasteiger charge is 2.33. The number of ether oxygens (including phenoxy) is 2. The zero-order valence-corrected chi connectivity index (χ0v) is 13.6. The molecule has 2 N–H and O–H groups in total. The predicted octanol–water partition coefficient (Wildman–Crippen LogP) is 1.62. The van der Waals surface area contributed by atoms with E-state index < -0.39 is 0 Å². The third kappa shape index (κ3) is 3.03. The Hall–Kier alpha value is -3.00. The van der Waals surface area contributed by atoms with E-state index in [9.17, 15) is 4.79 Å². The number of nitrogens with one attached hydrogen (secondary N) is 2. The number of rotatable bonds is 4. The normalized spacial score (nSPS) is 19.9. The number of fused-ring (bicyclic) bond motifs is 1. The molecule has 0 unspecified atom stereocenters. The van der Waals surface area contributed by atoms with Gasteiger partial charge in [-0.1, -0.05) is 0 Å². The SMILES string of the molecule is COc1ccc2cc(C(=O)N[C@@H]3CCO[C@@H]3c3ncn[nH]3)cnc2c1. The number of carbonyl (C=O) groups excluding carboxylic acids is 1. The van der Waals surface area contributed by atoms with Gasteiger partial charge in [0, 0.05) is 24.3 Å². The molecule has 1 fully saturated rings. The number of H-pyrrole nitrogens is 1. The summed E-state index contributed by atoms with van der Waals surface area (Å²) in [5.74, 6) is 1.16.